The van der Waals surface area contributed by atoms with Crippen molar-refractivity contribution in [3.05, 3.63) is 58.3 Å². The number of esters is 1. The highest BCUT2D eigenvalue weighted by Crippen LogP contribution is 2.35. The number of unbranched alkanes of at least 4 members (excludes halogenated alkanes) is 1. The first-order valence-corrected chi connectivity index (χ1v) is 13.5. The molecule has 1 aliphatic heterocycles. The van der Waals surface area contributed by atoms with Crippen LogP contribution < -0.4 is 5.32 Å². The lowest BCUT2D eigenvalue weighted by molar-refractivity contribution is -0.148. The number of nitrogens with zero attached hydrogens (tertiary/aromatic N) is 1. The molecule has 1 aromatic heterocycles. The van der Waals surface area contributed by atoms with Crippen LogP contribution in [0.2, 0.25) is 0 Å². The van der Waals surface area contributed by atoms with E-state index in [1.54, 1.807) is 23.1 Å². The second kappa shape index (κ2) is 13.5. The van der Waals surface area contributed by atoms with Crippen molar-refractivity contribution in [1.29, 1.82) is 0 Å². The van der Waals surface area contributed by atoms with Gasteiger partial charge in [0.2, 0.25) is 5.91 Å². The number of rotatable bonds is 12. The number of nitrogens with one attached hydrogen (secondary N) is 1. The number of carboxylic acids is 1. The topological polar surface area (TPSA) is 95.9 Å². The zero-order valence-electron chi connectivity index (χ0n) is 19.4. The van der Waals surface area contributed by atoms with Gasteiger partial charge >= 0.3 is 11.9 Å². The number of thiophene rings is 1. The number of carbonyl (C=O) groups excluding carboxylic acids is 2. The van der Waals surface area contributed by atoms with Gasteiger partial charge in [-0.05, 0) is 36.3 Å². The highest BCUT2D eigenvalue weighted by atomic mass is 32.2. The molecule has 0 spiro atoms. The third-order valence-electron chi connectivity index (χ3n) is 5.64. The van der Waals surface area contributed by atoms with Crippen LogP contribution in [0.3, 0.4) is 0 Å². The van der Waals surface area contributed by atoms with Crippen molar-refractivity contribution >= 4 is 40.9 Å². The van der Waals surface area contributed by atoms with Gasteiger partial charge in [-0.25, -0.2) is 0 Å². The number of ether oxygens (including phenoxy) is 1. The van der Waals surface area contributed by atoms with E-state index >= 15 is 0 Å². The molecule has 0 saturated carbocycles. The lowest BCUT2D eigenvalue weighted by Gasteiger charge is -2.27. The number of hydrogen-bond acceptors (Lipinski definition) is 7. The number of benzene rings is 1. The third kappa shape index (κ3) is 7.85. The molecule has 184 valence electrons. The van der Waals surface area contributed by atoms with Crippen LogP contribution in [0.25, 0.3) is 0 Å². The van der Waals surface area contributed by atoms with E-state index in [0.717, 1.165) is 23.3 Å². The molecule has 2 N–H and O–H groups in total. The molecule has 1 aromatic carbocycles. The molecular formula is C25H32N2O5S2. The van der Waals surface area contributed by atoms with Gasteiger partial charge in [0, 0.05) is 17.2 Å². The second-order valence-electron chi connectivity index (χ2n) is 8.27. The summed E-state index contributed by atoms with van der Waals surface area (Å²) < 4.78 is 5.49. The van der Waals surface area contributed by atoms with Crippen molar-refractivity contribution in [2.75, 3.05) is 25.4 Å². The van der Waals surface area contributed by atoms with E-state index in [2.05, 4.69) is 5.32 Å². The first kappa shape index (κ1) is 26.2. The molecule has 2 heterocycles. The Bertz CT molecular complexity index is 923. The Labute approximate surface area is 208 Å². The van der Waals surface area contributed by atoms with Gasteiger partial charge in [0.1, 0.15) is 12.6 Å². The van der Waals surface area contributed by atoms with Crippen LogP contribution in [0, 0.1) is 0 Å². The van der Waals surface area contributed by atoms with Gasteiger partial charge in [0.05, 0.1) is 17.9 Å². The predicted octanol–water partition coefficient (Wildman–Crippen LogP) is 3.75. The van der Waals surface area contributed by atoms with E-state index in [4.69, 9.17) is 4.74 Å². The molecule has 1 amide bonds. The fourth-order valence-electron chi connectivity index (χ4n) is 3.80. The molecule has 3 rings (SSSR count). The van der Waals surface area contributed by atoms with Gasteiger partial charge in [-0.3, -0.25) is 19.7 Å². The smallest absolute Gasteiger partial charge is 0.323 e. The number of hydrogen-bond donors (Lipinski definition) is 2. The minimum Gasteiger partial charge on any atom is -0.480 e. The van der Waals surface area contributed by atoms with Crippen LogP contribution in [-0.2, 0) is 25.5 Å². The Morgan fingerprint density at radius 1 is 1.24 bits per heavy atom. The van der Waals surface area contributed by atoms with Crippen LogP contribution >= 0.6 is 23.1 Å². The van der Waals surface area contributed by atoms with Crippen molar-refractivity contribution in [2.45, 2.75) is 49.9 Å². The number of thioether (sulfide) groups is 1. The number of aliphatic carboxylic acids is 1. The maximum atomic E-state index is 13.3. The van der Waals surface area contributed by atoms with Gasteiger partial charge in [-0.2, -0.15) is 0 Å². The Morgan fingerprint density at radius 3 is 2.71 bits per heavy atom. The lowest BCUT2D eigenvalue weighted by atomic mass is 10.0. The fourth-order valence-corrected chi connectivity index (χ4v) is 6.06. The van der Waals surface area contributed by atoms with Gasteiger partial charge in [0.15, 0.2) is 0 Å². The van der Waals surface area contributed by atoms with E-state index in [-0.39, 0.29) is 23.7 Å². The Balaban J connectivity index is 1.74. The molecule has 7 nitrogen and oxygen atoms in total. The van der Waals surface area contributed by atoms with E-state index in [1.807, 2.05) is 54.8 Å². The summed E-state index contributed by atoms with van der Waals surface area (Å²) in [6.45, 7) is 2.33. The number of amides is 1. The average molecular weight is 505 g/mol. The van der Waals surface area contributed by atoms with E-state index in [1.165, 1.54) is 4.90 Å². The van der Waals surface area contributed by atoms with Crippen molar-refractivity contribution < 1.29 is 24.2 Å². The zero-order chi connectivity index (χ0) is 24.3. The summed E-state index contributed by atoms with van der Waals surface area (Å²) in [5, 5.41) is 14.6. The molecule has 34 heavy (non-hydrogen) atoms. The van der Waals surface area contributed by atoms with Crippen molar-refractivity contribution in [3.8, 4) is 0 Å². The van der Waals surface area contributed by atoms with Crippen molar-refractivity contribution in [1.82, 2.24) is 10.2 Å². The highest BCUT2D eigenvalue weighted by molar-refractivity contribution is 7.99. The maximum Gasteiger partial charge on any atom is 0.323 e. The summed E-state index contributed by atoms with van der Waals surface area (Å²) in [6.07, 6.45) is 2.84. The molecule has 3 atom stereocenters. The molecule has 1 fully saturated rings. The fraction of sp³-hybridized carbons (Fsp3) is 0.480. The molecule has 9 heteroatoms. The Hall–Kier alpha value is -2.36. The first-order valence-electron chi connectivity index (χ1n) is 11.6. The third-order valence-corrected chi connectivity index (χ3v) is 8.11. The van der Waals surface area contributed by atoms with E-state index in [9.17, 15) is 19.5 Å². The molecule has 0 bridgehead atoms. The van der Waals surface area contributed by atoms with Gasteiger partial charge in [-0.1, -0.05) is 49.7 Å². The maximum absolute atomic E-state index is 13.3. The van der Waals surface area contributed by atoms with Crippen molar-refractivity contribution in [2.24, 2.45) is 0 Å². The van der Waals surface area contributed by atoms with Crippen LogP contribution in [0.15, 0.2) is 47.8 Å². The van der Waals surface area contributed by atoms with Gasteiger partial charge < -0.3 is 14.7 Å². The van der Waals surface area contributed by atoms with Gasteiger partial charge in [-0.15, -0.1) is 23.1 Å². The SMILES string of the molecule is CCCCOC(=O)C(CCc1ccccc1)NC1CSC(c2cccs2)CN(CC(=O)O)C1=O. The Kier molecular flexibility index (Phi) is 10.4. The monoisotopic (exact) mass is 504 g/mol. The second-order valence-corrected chi connectivity index (χ2v) is 10.5. The molecule has 0 radical (unpaired) electrons. The normalized spacial score (nSPS) is 19.4. The quantitative estimate of drug-likeness (QED) is 0.336. The van der Waals surface area contributed by atoms with Crippen LogP contribution in [0.4, 0.5) is 0 Å². The van der Waals surface area contributed by atoms with Gasteiger partial charge in [0.25, 0.3) is 0 Å². The molecule has 2 aromatic rings. The average Bonchev–Trinajstić information content (AvgIpc) is 3.32. The van der Waals surface area contributed by atoms with Crippen LogP contribution in [0.5, 0.6) is 0 Å². The molecule has 1 aliphatic rings. The van der Waals surface area contributed by atoms with E-state index in [0.29, 0.717) is 31.7 Å². The van der Waals surface area contributed by atoms with E-state index < -0.39 is 18.1 Å². The summed E-state index contributed by atoms with van der Waals surface area (Å²) in [4.78, 5) is 40.2. The summed E-state index contributed by atoms with van der Waals surface area (Å²) in [7, 11) is 0. The molecule has 1 saturated heterocycles. The number of aryl methyl sites for hydroxylation is 1. The minimum absolute atomic E-state index is 0.00521. The molecule has 0 aliphatic carbocycles. The summed E-state index contributed by atoms with van der Waals surface area (Å²) >= 11 is 3.21. The zero-order valence-corrected chi connectivity index (χ0v) is 21.0. The Morgan fingerprint density at radius 2 is 2.03 bits per heavy atom. The molecular weight excluding hydrogens is 472 g/mol. The largest absolute Gasteiger partial charge is 0.480 e. The summed E-state index contributed by atoms with van der Waals surface area (Å²) in [5.41, 5.74) is 1.10. The molecule has 3 unspecified atom stereocenters. The summed E-state index contributed by atoms with van der Waals surface area (Å²) in [5.74, 6) is -1.27. The van der Waals surface area contributed by atoms with Crippen LogP contribution in [0.1, 0.15) is 41.9 Å². The number of carboxylic acid groups (broad SMARTS) is 1. The summed E-state index contributed by atoms with van der Waals surface area (Å²) in [6, 6.07) is 12.5. The standard InChI is InChI=1S/C25H32N2O5S2/c1-2-3-13-32-25(31)19(12-11-18-8-5-4-6-9-18)26-20-17-34-22(21-10-7-14-33-21)15-27(24(20)30)16-23(28)29/h4-10,14,19-20,22,26H,2-3,11-13,15-17H2,1H3,(H,28,29). The minimum atomic E-state index is -1.05. The lowest BCUT2D eigenvalue weighted by Crippen LogP contribution is -2.53. The first-order chi connectivity index (χ1) is 16.5. The highest BCUT2D eigenvalue weighted by Gasteiger charge is 2.36. The number of carbonyl (C=O) groups is 3. The van der Waals surface area contributed by atoms with Crippen molar-refractivity contribution in [3.63, 3.8) is 0 Å². The van der Waals surface area contributed by atoms with Crippen LogP contribution in [-0.4, -0.2) is 65.4 Å². The predicted molar refractivity (Wildman–Crippen MR) is 135 cm³/mol.